The van der Waals surface area contributed by atoms with Crippen LogP contribution in [0.5, 0.6) is 0 Å². The molecule has 31 heavy (non-hydrogen) atoms. The summed E-state index contributed by atoms with van der Waals surface area (Å²) in [6, 6.07) is 27.3. The van der Waals surface area contributed by atoms with Gasteiger partial charge in [0.15, 0.2) is 0 Å². The number of ether oxygens (including phenoxy) is 1. The number of rotatable bonds is 10. The SMILES string of the molecule is CCCCCC(C=Nc1ccccc1C(=O)OCc1ccccc1)=Cc1ccccc1. The van der Waals surface area contributed by atoms with Gasteiger partial charge in [0, 0.05) is 6.21 Å². The number of para-hydroxylation sites is 1. The Hall–Kier alpha value is -3.46. The molecule has 3 rings (SSSR count). The number of carbonyl (C=O) groups excluding carboxylic acids is 1. The fourth-order valence-electron chi connectivity index (χ4n) is 3.23. The Labute approximate surface area is 185 Å². The second-order valence-corrected chi connectivity index (χ2v) is 7.42. The van der Waals surface area contributed by atoms with Gasteiger partial charge in [-0.1, -0.05) is 98.6 Å². The highest BCUT2D eigenvalue weighted by Gasteiger charge is 2.12. The Morgan fingerprint density at radius 2 is 1.55 bits per heavy atom. The summed E-state index contributed by atoms with van der Waals surface area (Å²) in [5.41, 5.74) is 4.35. The lowest BCUT2D eigenvalue weighted by atomic mass is 10.0. The highest BCUT2D eigenvalue weighted by atomic mass is 16.5. The molecular formula is C28H29NO2. The number of hydrogen-bond donors (Lipinski definition) is 0. The van der Waals surface area contributed by atoms with Crippen LogP contribution in [0.1, 0.15) is 54.1 Å². The molecule has 0 amide bonds. The average molecular weight is 412 g/mol. The van der Waals surface area contributed by atoms with Crippen LogP contribution in [0.4, 0.5) is 5.69 Å². The van der Waals surface area contributed by atoms with Gasteiger partial charge >= 0.3 is 5.97 Å². The molecule has 3 heteroatoms. The maximum atomic E-state index is 12.7. The molecule has 0 N–H and O–H groups in total. The van der Waals surface area contributed by atoms with Crippen molar-refractivity contribution in [2.75, 3.05) is 0 Å². The van der Waals surface area contributed by atoms with Crippen LogP contribution in [0, 0.1) is 0 Å². The quantitative estimate of drug-likeness (QED) is 0.198. The standard InChI is InChI=1S/C28H29NO2/c1-2-3-6-17-25(20-23-13-7-4-8-14-23)21-29-27-19-12-11-18-26(27)28(30)31-22-24-15-9-5-10-16-24/h4-5,7-16,18-21H,2-3,6,17,22H2,1H3. The van der Waals surface area contributed by atoms with Gasteiger partial charge in [0.05, 0.1) is 11.3 Å². The molecule has 0 unspecified atom stereocenters. The summed E-state index contributed by atoms with van der Waals surface area (Å²) in [6.07, 6.45) is 8.46. The number of hydrogen-bond acceptors (Lipinski definition) is 3. The van der Waals surface area contributed by atoms with Crippen molar-refractivity contribution in [3.05, 3.63) is 107 Å². The average Bonchev–Trinajstić information content (AvgIpc) is 2.82. The molecule has 0 spiro atoms. The van der Waals surface area contributed by atoms with Crippen LogP contribution in [0.25, 0.3) is 6.08 Å². The second kappa shape index (κ2) is 12.3. The van der Waals surface area contributed by atoms with Crippen molar-refractivity contribution in [2.24, 2.45) is 4.99 Å². The number of allylic oxidation sites excluding steroid dienone is 1. The summed E-state index contributed by atoms with van der Waals surface area (Å²) >= 11 is 0. The third kappa shape index (κ3) is 7.38. The third-order valence-electron chi connectivity index (χ3n) is 4.93. The van der Waals surface area contributed by atoms with Gasteiger partial charge in [0.25, 0.3) is 0 Å². The van der Waals surface area contributed by atoms with E-state index in [4.69, 9.17) is 4.74 Å². The molecule has 3 aromatic rings. The topological polar surface area (TPSA) is 38.7 Å². The van der Waals surface area contributed by atoms with Crippen LogP contribution in [0.2, 0.25) is 0 Å². The van der Waals surface area contributed by atoms with E-state index in [1.54, 1.807) is 6.07 Å². The fourth-order valence-corrected chi connectivity index (χ4v) is 3.23. The van der Waals surface area contributed by atoms with Gasteiger partial charge in [0.2, 0.25) is 0 Å². The largest absolute Gasteiger partial charge is 0.457 e. The van der Waals surface area contributed by atoms with E-state index in [1.165, 1.54) is 12.8 Å². The molecule has 0 fully saturated rings. The Kier molecular flexibility index (Phi) is 8.81. The Bertz CT molecular complexity index is 1010. The zero-order valence-corrected chi connectivity index (χ0v) is 18.0. The van der Waals surface area contributed by atoms with E-state index in [-0.39, 0.29) is 12.6 Å². The Morgan fingerprint density at radius 3 is 2.29 bits per heavy atom. The minimum Gasteiger partial charge on any atom is -0.457 e. The predicted octanol–water partition coefficient (Wildman–Crippen LogP) is 7.41. The van der Waals surface area contributed by atoms with E-state index in [0.717, 1.165) is 29.5 Å². The molecule has 0 atom stereocenters. The molecule has 0 aliphatic heterocycles. The first-order valence-corrected chi connectivity index (χ1v) is 10.9. The summed E-state index contributed by atoms with van der Waals surface area (Å²) in [4.78, 5) is 17.3. The maximum absolute atomic E-state index is 12.7. The first-order chi connectivity index (χ1) is 15.3. The van der Waals surface area contributed by atoms with Crippen molar-refractivity contribution in [1.82, 2.24) is 0 Å². The molecule has 3 aromatic carbocycles. The van der Waals surface area contributed by atoms with Gasteiger partial charge in [0.1, 0.15) is 6.61 Å². The molecule has 0 radical (unpaired) electrons. The number of aliphatic imine (C=N–C) groups is 1. The molecule has 0 aromatic heterocycles. The van der Waals surface area contributed by atoms with Gasteiger partial charge in [-0.3, -0.25) is 4.99 Å². The van der Waals surface area contributed by atoms with E-state index >= 15 is 0 Å². The molecule has 0 aliphatic rings. The summed E-state index contributed by atoms with van der Waals surface area (Å²) in [5, 5.41) is 0. The van der Waals surface area contributed by atoms with Crippen LogP contribution < -0.4 is 0 Å². The number of nitrogens with zero attached hydrogens (tertiary/aromatic N) is 1. The van der Waals surface area contributed by atoms with Crippen molar-refractivity contribution in [2.45, 2.75) is 39.2 Å². The predicted molar refractivity (Wildman–Crippen MR) is 129 cm³/mol. The molecule has 0 bridgehead atoms. The lowest BCUT2D eigenvalue weighted by Crippen LogP contribution is -2.05. The van der Waals surface area contributed by atoms with Crippen LogP contribution in [0.15, 0.2) is 95.5 Å². The molecule has 158 valence electrons. The van der Waals surface area contributed by atoms with Crippen molar-refractivity contribution >= 4 is 23.9 Å². The van der Waals surface area contributed by atoms with Crippen LogP contribution in [0.3, 0.4) is 0 Å². The number of carbonyl (C=O) groups is 1. The van der Waals surface area contributed by atoms with Crippen LogP contribution in [-0.4, -0.2) is 12.2 Å². The fraction of sp³-hybridized carbons (Fsp3) is 0.214. The van der Waals surface area contributed by atoms with E-state index in [9.17, 15) is 4.79 Å². The summed E-state index contributed by atoms with van der Waals surface area (Å²) in [5.74, 6) is -0.365. The van der Waals surface area contributed by atoms with E-state index in [1.807, 2.05) is 72.9 Å². The zero-order valence-electron chi connectivity index (χ0n) is 18.0. The molecule has 0 saturated carbocycles. The summed E-state index contributed by atoms with van der Waals surface area (Å²) in [6.45, 7) is 2.44. The van der Waals surface area contributed by atoms with Gasteiger partial charge in [-0.05, 0) is 41.7 Å². The van der Waals surface area contributed by atoms with Gasteiger partial charge in [-0.15, -0.1) is 0 Å². The minimum atomic E-state index is -0.365. The summed E-state index contributed by atoms with van der Waals surface area (Å²) in [7, 11) is 0. The van der Waals surface area contributed by atoms with Gasteiger partial charge in [-0.2, -0.15) is 0 Å². The van der Waals surface area contributed by atoms with Crippen molar-refractivity contribution < 1.29 is 9.53 Å². The maximum Gasteiger partial charge on any atom is 0.340 e. The van der Waals surface area contributed by atoms with E-state index in [2.05, 4.69) is 30.1 Å². The third-order valence-corrected chi connectivity index (χ3v) is 4.93. The van der Waals surface area contributed by atoms with E-state index < -0.39 is 0 Å². The zero-order chi connectivity index (χ0) is 21.7. The number of esters is 1. The smallest absolute Gasteiger partial charge is 0.340 e. The monoisotopic (exact) mass is 411 g/mol. The van der Waals surface area contributed by atoms with Crippen molar-refractivity contribution in [1.29, 1.82) is 0 Å². The van der Waals surface area contributed by atoms with Crippen molar-refractivity contribution in [3.63, 3.8) is 0 Å². The molecule has 3 nitrogen and oxygen atoms in total. The van der Waals surface area contributed by atoms with Gasteiger partial charge in [-0.25, -0.2) is 4.79 Å². The second-order valence-electron chi connectivity index (χ2n) is 7.42. The molecule has 0 saturated heterocycles. The highest BCUT2D eigenvalue weighted by molar-refractivity contribution is 5.96. The van der Waals surface area contributed by atoms with Crippen LogP contribution in [-0.2, 0) is 11.3 Å². The van der Waals surface area contributed by atoms with Crippen LogP contribution >= 0.6 is 0 Å². The lowest BCUT2D eigenvalue weighted by Gasteiger charge is -2.08. The van der Waals surface area contributed by atoms with Crippen molar-refractivity contribution in [3.8, 4) is 0 Å². The highest BCUT2D eigenvalue weighted by Crippen LogP contribution is 2.21. The molecular weight excluding hydrogens is 382 g/mol. The normalized spacial score (nSPS) is 11.6. The lowest BCUT2D eigenvalue weighted by molar-refractivity contribution is 0.0474. The van der Waals surface area contributed by atoms with Gasteiger partial charge < -0.3 is 4.74 Å². The number of unbranched alkanes of at least 4 members (excludes halogenated alkanes) is 2. The molecule has 0 aliphatic carbocycles. The first kappa shape index (κ1) is 22.2. The summed E-state index contributed by atoms with van der Waals surface area (Å²) < 4.78 is 5.51. The number of benzene rings is 3. The van der Waals surface area contributed by atoms with E-state index in [0.29, 0.717) is 11.3 Å². The minimum absolute atomic E-state index is 0.244. The Balaban J connectivity index is 1.76. The Morgan fingerprint density at radius 1 is 0.871 bits per heavy atom. The first-order valence-electron chi connectivity index (χ1n) is 10.9. The molecule has 0 heterocycles.